The molecule has 0 unspecified atom stereocenters. The van der Waals surface area contributed by atoms with Crippen LogP contribution in [0.15, 0.2) is 28.7 Å². The van der Waals surface area contributed by atoms with Gasteiger partial charge in [0.1, 0.15) is 5.82 Å². The standard InChI is InChI=1S/C10H10BrN3/c1-7-12-10(14-13-7)6-8-3-2-4-9(11)5-8/h2-5H,6H2,1H3,(H,12,13,14). The Balaban J connectivity index is 2.18. The van der Waals surface area contributed by atoms with E-state index in [1.54, 1.807) is 0 Å². The number of halogens is 1. The highest BCUT2D eigenvalue weighted by molar-refractivity contribution is 9.10. The molecule has 0 saturated heterocycles. The monoisotopic (exact) mass is 251 g/mol. The molecule has 1 aromatic heterocycles. The zero-order chi connectivity index (χ0) is 9.97. The molecule has 0 fully saturated rings. The molecule has 3 nitrogen and oxygen atoms in total. The van der Waals surface area contributed by atoms with Crippen LogP contribution in [0.1, 0.15) is 17.2 Å². The second-order valence-corrected chi connectivity index (χ2v) is 4.06. The molecule has 0 aliphatic heterocycles. The first-order valence-electron chi connectivity index (χ1n) is 4.36. The Bertz CT molecular complexity index is 436. The molecular weight excluding hydrogens is 242 g/mol. The van der Waals surface area contributed by atoms with Gasteiger partial charge in [-0.1, -0.05) is 28.1 Å². The van der Waals surface area contributed by atoms with Gasteiger partial charge < -0.3 is 0 Å². The average molecular weight is 252 g/mol. The number of nitrogens with one attached hydrogen (secondary N) is 1. The number of aryl methyl sites for hydroxylation is 1. The highest BCUT2D eigenvalue weighted by atomic mass is 79.9. The molecule has 14 heavy (non-hydrogen) atoms. The quantitative estimate of drug-likeness (QED) is 0.891. The topological polar surface area (TPSA) is 41.6 Å². The van der Waals surface area contributed by atoms with Crippen molar-refractivity contribution in [3.8, 4) is 0 Å². The Morgan fingerprint density at radius 2 is 2.29 bits per heavy atom. The van der Waals surface area contributed by atoms with Crippen molar-refractivity contribution in [2.45, 2.75) is 13.3 Å². The predicted octanol–water partition coefficient (Wildman–Crippen LogP) is 2.47. The van der Waals surface area contributed by atoms with E-state index in [1.807, 2.05) is 19.1 Å². The van der Waals surface area contributed by atoms with Crippen LogP contribution in [-0.4, -0.2) is 15.2 Å². The van der Waals surface area contributed by atoms with E-state index in [-0.39, 0.29) is 0 Å². The van der Waals surface area contributed by atoms with Gasteiger partial charge in [-0.3, -0.25) is 5.10 Å². The third-order valence-corrected chi connectivity index (χ3v) is 2.39. The van der Waals surface area contributed by atoms with E-state index in [9.17, 15) is 0 Å². The fraction of sp³-hybridized carbons (Fsp3) is 0.200. The lowest BCUT2D eigenvalue weighted by atomic mass is 10.1. The zero-order valence-corrected chi connectivity index (χ0v) is 9.37. The summed E-state index contributed by atoms with van der Waals surface area (Å²) in [6.45, 7) is 1.90. The molecule has 4 heteroatoms. The average Bonchev–Trinajstić information content (AvgIpc) is 2.51. The number of aromatic nitrogens is 3. The van der Waals surface area contributed by atoms with E-state index in [4.69, 9.17) is 0 Å². The van der Waals surface area contributed by atoms with E-state index >= 15 is 0 Å². The summed E-state index contributed by atoms with van der Waals surface area (Å²) in [5.74, 6) is 1.69. The molecule has 0 amide bonds. The maximum absolute atomic E-state index is 4.25. The van der Waals surface area contributed by atoms with Crippen LogP contribution in [0.25, 0.3) is 0 Å². The number of hydrogen-bond acceptors (Lipinski definition) is 2. The SMILES string of the molecule is Cc1nc(Cc2cccc(Br)c2)n[nH]1. The van der Waals surface area contributed by atoms with Crippen LogP contribution in [-0.2, 0) is 6.42 Å². The maximum atomic E-state index is 4.25. The molecule has 0 aliphatic carbocycles. The third kappa shape index (κ3) is 2.20. The Kier molecular flexibility index (Phi) is 2.63. The van der Waals surface area contributed by atoms with Gasteiger partial charge in [-0.2, -0.15) is 5.10 Å². The van der Waals surface area contributed by atoms with Crippen molar-refractivity contribution >= 4 is 15.9 Å². The summed E-state index contributed by atoms with van der Waals surface area (Å²) in [5.41, 5.74) is 1.21. The van der Waals surface area contributed by atoms with E-state index < -0.39 is 0 Å². The van der Waals surface area contributed by atoms with Crippen LogP contribution in [0.5, 0.6) is 0 Å². The lowest BCUT2D eigenvalue weighted by Gasteiger charge is -1.97. The van der Waals surface area contributed by atoms with Crippen LogP contribution in [0.2, 0.25) is 0 Å². The van der Waals surface area contributed by atoms with Gasteiger partial charge >= 0.3 is 0 Å². The van der Waals surface area contributed by atoms with Crippen LogP contribution >= 0.6 is 15.9 Å². The van der Waals surface area contributed by atoms with E-state index in [2.05, 4.69) is 43.2 Å². The van der Waals surface area contributed by atoms with E-state index in [1.165, 1.54) is 5.56 Å². The smallest absolute Gasteiger partial charge is 0.155 e. The molecule has 1 heterocycles. The number of nitrogens with zero attached hydrogens (tertiary/aromatic N) is 2. The molecule has 0 atom stereocenters. The molecule has 0 saturated carbocycles. The van der Waals surface area contributed by atoms with Gasteiger partial charge in [0.15, 0.2) is 5.82 Å². The lowest BCUT2D eigenvalue weighted by molar-refractivity contribution is 0.969. The molecule has 2 rings (SSSR count). The summed E-state index contributed by atoms with van der Waals surface area (Å²) in [6, 6.07) is 8.16. The van der Waals surface area contributed by atoms with Gasteiger partial charge in [0.05, 0.1) is 0 Å². The number of benzene rings is 1. The third-order valence-electron chi connectivity index (χ3n) is 1.89. The number of rotatable bonds is 2. The van der Waals surface area contributed by atoms with Crippen molar-refractivity contribution < 1.29 is 0 Å². The minimum Gasteiger partial charge on any atom is -0.263 e. The van der Waals surface area contributed by atoms with Crippen molar-refractivity contribution in [3.05, 3.63) is 46.0 Å². The summed E-state index contributed by atoms with van der Waals surface area (Å²) < 4.78 is 1.09. The molecule has 0 radical (unpaired) electrons. The van der Waals surface area contributed by atoms with Crippen LogP contribution in [0.3, 0.4) is 0 Å². The van der Waals surface area contributed by atoms with Crippen LogP contribution in [0.4, 0.5) is 0 Å². The molecule has 1 N–H and O–H groups in total. The first-order chi connectivity index (χ1) is 6.74. The molecular formula is C10H10BrN3. The number of H-pyrrole nitrogens is 1. The van der Waals surface area contributed by atoms with E-state index in [0.29, 0.717) is 0 Å². The molecule has 2 aromatic rings. The Morgan fingerprint density at radius 1 is 1.43 bits per heavy atom. The normalized spacial score (nSPS) is 10.4. The largest absolute Gasteiger partial charge is 0.263 e. The summed E-state index contributed by atoms with van der Waals surface area (Å²) in [5, 5.41) is 6.92. The van der Waals surface area contributed by atoms with Crippen LogP contribution < -0.4 is 0 Å². The molecule has 72 valence electrons. The van der Waals surface area contributed by atoms with Gasteiger partial charge in [0.2, 0.25) is 0 Å². The van der Waals surface area contributed by atoms with Crippen molar-refractivity contribution in [1.29, 1.82) is 0 Å². The Labute approximate surface area is 90.7 Å². The summed E-state index contributed by atoms with van der Waals surface area (Å²) in [6.07, 6.45) is 0.768. The van der Waals surface area contributed by atoms with Crippen molar-refractivity contribution in [2.75, 3.05) is 0 Å². The Hall–Kier alpha value is -1.16. The Morgan fingerprint density at radius 3 is 2.93 bits per heavy atom. The minimum atomic E-state index is 0.768. The molecule has 0 spiro atoms. The molecule has 0 aliphatic rings. The summed E-state index contributed by atoms with van der Waals surface area (Å²) in [4.78, 5) is 4.25. The highest BCUT2D eigenvalue weighted by Gasteiger charge is 2.01. The highest BCUT2D eigenvalue weighted by Crippen LogP contribution is 2.13. The van der Waals surface area contributed by atoms with Crippen molar-refractivity contribution in [3.63, 3.8) is 0 Å². The maximum Gasteiger partial charge on any atom is 0.155 e. The van der Waals surface area contributed by atoms with Crippen molar-refractivity contribution in [1.82, 2.24) is 15.2 Å². The van der Waals surface area contributed by atoms with Crippen molar-refractivity contribution in [2.24, 2.45) is 0 Å². The zero-order valence-electron chi connectivity index (χ0n) is 7.79. The van der Waals surface area contributed by atoms with Gasteiger partial charge in [0, 0.05) is 10.9 Å². The van der Waals surface area contributed by atoms with E-state index in [0.717, 1.165) is 22.5 Å². The first-order valence-corrected chi connectivity index (χ1v) is 5.15. The fourth-order valence-electron chi connectivity index (χ4n) is 1.30. The number of aromatic amines is 1. The predicted molar refractivity (Wildman–Crippen MR) is 58.1 cm³/mol. The second-order valence-electron chi connectivity index (χ2n) is 3.14. The molecule has 1 aromatic carbocycles. The number of hydrogen-bond donors (Lipinski definition) is 1. The van der Waals surface area contributed by atoms with Gasteiger partial charge in [-0.05, 0) is 24.6 Å². The molecule has 0 bridgehead atoms. The fourth-order valence-corrected chi connectivity index (χ4v) is 1.74. The first kappa shape index (κ1) is 9.40. The second kappa shape index (κ2) is 3.92. The van der Waals surface area contributed by atoms with Gasteiger partial charge in [-0.15, -0.1) is 0 Å². The van der Waals surface area contributed by atoms with Crippen LogP contribution in [0, 0.1) is 6.92 Å². The van der Waals surface area contributed by atoms with Gasteiger partial charge in [-0.25, -0.2) is 4.98 Å². The summed E-state index contributed by atoms with van der Waals surface area (Å²) >= 11 is 3.43. The lowest BCUT2D eigenvalue weighted by Crippen LogP contribution is -1.90. The summed E-state index contributed by atoms with van der Waals surface area (Å²) in [7, 11) is 0. The minimum absolute atomic E-state index is 0.768. The van der Waals surface area contributed by atoms with Gasteiger partial charge in [0.25, 0.3) is 0 Å².